The summed E-state index contributed by atoms with van der Waals surface area (Å²) in [5.74, 6) is 7.83. The zero-order valence-electron chi connectivity index (χ0n) is 20.8. The van der Waals surface area contributed by atoms with Gasteiger partial charge < -0.3 is 8.85 Å². The van der Waals surface area contributed by atoms with E-state index in [9.17, 15) is 0 Å². The highest BCUT2D eigenvalue weighted by atomic mass is 28.4. The van der Waals surface area contributed by atoms with E-state index in [1.807, 2.05) is 6.92 Å². The maximum Gasteiger partial charge on any atom is 0.250 e. The molecule has 0 saturated carbocycles. The Morgan fingerprint density at radius 3 is 1.64 bits per heavy atom. The van der Waals surface area contributed by atoms with Crippen molar-refractivity contribution in [1.82, 2.24) is 0 Å². The predicted molar refractivity (Wildman–Crippen MR) is 131 cm³/mol. The van der Waals surface area contributed by atoms with Crippen molar-refractivity contribution in [2.24, 2.45) is 11.3 Å². The highest BCUT2D eigenvalue weighted by Gasteiger charge is 2.45. The third-order valence-corrected chi connectivity index (χ3v) is 16.1. The molecule has 0 bridgehead atoms. The normalized spacial score (nSPS) is 15.6. The smallest absolute Gasteiger partial charge is 0.250 e. The Morgan fingerprint density at radius 1 is 0.893 bits per heavy atom. The quantitative estimate of drug-likeness (QED) is 0.169. The van der Waals surface area contributed by atoms with Crippen molar-refractivity contribution < 1.29 is 8.85 Å². The minimum atomic E-state index is -1.76. The van der Waals surface area contributed by atoms with E-state index in [4.69, 9.17) is 8.85 Å². The number of hydrogen-bond acceptors (Lipinski definition) is 2. The van der Waals surface area contributed by atoms with Gasteiger partial charge in [0.15, 0.2) is 8.32 Å². The third-order valence-electron chi connectivity index (χ3n) is 7.00. The summed E-state index contributed by atoms with van der Waals surface area (Å²) in [6.07, 6.45) is 2.24. The molecule has 0 heterocycles. The van der Waals surface area contributed by atoms with Crippen molar-refractivity contribution >= 4 is 16.6 Å². The minimum absolute atomic E-state index is 0.0509. The lowest BCUT2D eigenvalue weighted by Crippen LogP contribution is -2.50. The van der Waals surface area contributed by atoms with Gasteiger partial charge in [-0.05, 0) is 57.0 Å². The zero-order valence-corrected chi connectivity index (χ0v) is 22.8. The summed E-state index contributed by atoms with van der Waals surface area (Å²) in [6.45, 7) is 24.7. The average molecular weight is 425 g/mol. The second-order valence-corrected chi connectivity index (χ2v) is 18.1. The van der Waals surface area contributed by atoms with Gasteiger partial charge in [-0.1, -0.05) is 67.4 Å². The summed E-state index contributed by atoms with van der Waals surface area (Å²) in [5.41, 5.74) is -0.201. The van der Waals surface area contributed by atoms with E-state index in [2.05, 4.69) is 87.2 Å². The topological polar surface area (TPSA) is 18.5 Å². The first-order valence-electron chi connectivity index (χ1n) is 11.6. The summed E-state index contributed by atoms with van der Waals surface area (Å²) < 4.78 is 14.0. The molecule has 0 aliphatic rings. The molecule has 0 aromatic carbocycles. The predicted octanol–water partition coefficient (Wildman–Crippen LogP) is 7.99. The minimum Gasteiger partial charge on any atom is -0.546 e. The second kappa shape index (κ2) is 12.2. The fraction of sp³-hybridized carbons (Fsp3) is 0.833. The van der Waals surface area contributed by atoms with Crippen molar-refractivity contribution in [3.8, 4) is 11.8 Å². The molecule has 0 radical (unpaired) electrons. The second-order valence-electron chi connectivity index (χ2n) is 8.69. The summed E-state index contributed by atoms with van der Waals surface area (Å²) in [4.78, 5) is 0. The fourth-order valence-electron chi connectivity index (χ4n) is 4.35. The molecule has 0 rings (SSSR count). The van der Waals surface area contributed by atoms with Gasteiger partial charge in [-0.25, -0.2) is 0 Å². The van der Waals surface area contributed by atoms with Gasteiger partial charge in [-0.2, -0.15) is 0 Å². The molecule has 28 heavy (non-hydrogen) atoms. The first kappa shape index (κ1) is 27.5. The van der Waals surface area contributed by atoms with Crippen LogP contribution in [0.3, 0.4) is 0 Å². The standard InChI is InChI=1S/C24H48O2Si2/c1-12-20-21(9)23(26-28(17-6,18-7)19-8)24(10,11)22(13-2)25-27(14-3,15-4)16-5/h13,21,23H,14-19H2,1-11H3/b22-13-/t21-,23-/m0/s1. The van der Waals surface area contributed by atoms with E-state index in [1.165, 1.54) is 0 Å². The summed E-state index contributed by atoms with van der Waals surface area (Å²) in [5, 5.41) is 0. The van der Waals surface area contributed by atoms with Crippen LogP contribution >= 0.6 is 0 Å². The van der Waals surface area contributed by atoms with Crippen molar-refractivity contribution in [1.29, 1.82) is 0 Å². The Balaban J connectivity index is 6.15. The van der Waals surface area contributed by atoms with E-state index in [-0.39, 0.29) is 17.4 Å². The zero-order chi connectivity index (χ0) is 22.0. The van der Waals surface area contributed by atoms with Crippen LogP contribution in [0.5, 0.6) is 0 Å². The van der Waals surface area contributed by atoms with Gasteiger partial charge in [-0.15, -0.1) is 5.92 Å². The van der Waals surface area contributed by atoms with E-state index in [1.54, 1.807) is 0 Å². The fourth-order valence-corrected chi connectivity index (χ4v) is 10.2. The third kappa shape index (κ3) is 6.50. The van der Waals surface area contributed by atoms with Crippen molar-refractivity contribution in [2.45, 2.75) is 119 Å². The van der Waals surface area contributed by atoms with Crippen LogP contribution in [0.25, 0.3) is 0 Å². The van der Waals surface area contributed by atoms with Crippen molar-refractivity contribution in [2.75, 3.05) is 0 Å². The lowest BCUT2D eigenvalue weighted by molar-refractivity contribution is 0.0363. The first-order valence-corrected chi connectivity index (χ1v) is 16.6. The molecule has 0 aromatic heterocycles. The van der Waals surface area contributed by atoms with E-state index in [0.29, 0.717) is 0 Å². The van der Waals surface area contributed by atoms with Gasteiger partial charge in [0.1, 0.15) is 0 Å². The van der Waals surface area contributed by atoms with Crippen molar-refractivity contribution in [3.05, 3.63) is 11.8 Å². The Kier molecular flexibility index (Phi) is 12.0. The Morgan fingerprint density at radius 2 is 1.32 bits per heavy atom. The summed E-state index contributed by atoms with van der Waals surface area (Å²) in [7, 11) is -3.51. The van der Waals surface area contributed by atoms with E-state index in [0.717, 1.165) is 42.0 Å². The first-order chi connectivity index (χ1) is 13.1. The summed E-state index contributed by atoms with van der Waals surface area (Å²) >= 11 is 0. The van der Waals surface area contributed by atoms with Crippen LogP contribution in [0.15, 0.2) is 11.8 Å². The van der Waals surface area contributed by atoms with Crippen molar-refractivity contribution in [3.63, 3.8) is 0 Å². The maximum atomic E-state index is 7.09. The van der Waals surface area contributed by atoms with Gasteiger partial charge in [0.2, 0.25) is 8.32 Å². The number of rotatable bonds is 13. The average Bonchev–Trinajstić information content (AvgIpc) is 2.71. The molecule has 0 aromatic rings. The molecular formula is C24H48O2Si2. The van der Waals surface area contributed by atoms with Crippen LogP contribution in [0.4, 0.5) is 0 Å². The van der Waals surface area contributed by atoms with Crippen LogP contribution < -0.4 is 0 Å². The SMILES string of the molecule is CC#C[C@H](C)[C@H](O[Si](CC)(CC)CC)C(C)(C)/C(=C/C)O[Si](CC)(CC)CC. The molecule has 0 N–H and O–H groups in total. The largest absolute Gasteiger partial charge is 0.546 e. The van der Waals surface area contributed by atoms with Gasteiger partial charge in [0, 0.05) is 11.3 Å². The molecule has 0 unspecified atom stereocenters. The molecule has 2 atom stereocenters. The van der Waals surface area contributed by atoms with Crippen LogP contribution in [0.2, 0.25) is 36.3 Å². The molecular weight excluding hydrogens is 376 g/mol. The Bertz CT molecular complexity index is 518. The molecule has 0 spiro atoms. The lowest BCUT2D eigenvalue weighted by atomic mass is 9.78. The molecule has 4 heteroatoms. The number of hydrogen-bond donors (Lipinski definition) is 0. The van der Waals surface area contributed by atoms with Gasteiger partial charge in [-0.3, -0.25) is 0 Å². The Hall–Kier alpha value is -0.506. The molecule has 0 aliphatic carbocycles. The van der Waals surface area contributed by atoms with Crippen LogP contribution in [-0.4, -0.2) is 22.7 Å². The van der Waals surface area contributed by atoms with Gasteiger partial charge in [0.05, 0.1) is 11.9 Å². The van der Waals surface area contributed by atoms with E-state index >= 15 is 0 Å². The molecule has 0 saturated heterocycles. The van der Waals surface area contributed by atoms with Crippen LogP contribution in [0.1, 0.15) is 76.2 Å². The molecule has 0 fully saturated rings. The molecule has 164 valence electrons. The maximum absolute atomic E-state index is 7.09. The molecule has 2 nitrogen and oxygen atoms in total. The monoisotopic (exact) mass is 424 g/mol. The lowest BCUT2D eigenvalue weighted by Gasteiger charge is -2.46. The highest BCUT2D eigenvalue weighted by Crippen LogP contribution is 2.42. The van der Waals surface area contributed by atoms with Gasteiger partial charge >= 0.3 is 0 Å². The molecule has 0 aliphatic heterocycles. The Labute approximate surface area is 179 Å². The summed E-state index contributed by atoms with van der Waals surface area (Å²) in [6, 6.07) is 6.93. The highest BCUT2D eigenvalue weighted by molar-refractivity contribution is 6.74. The van der Waals surface area contributed by atoms with E-state index < -0.39 is 16.6 Å². The van der Waals surface area contributed by atoms with Crippen LogP contribution in [0, 0.1) is 23.2 Å². The molecule has 0 amide bonds. The van der Waals surface area contributed by atoms with Crippen LogP contribution in [-0.2, 0) is 8.85 Å². The number of allylic oxidation sites excluding steroid dienone is 1. The van der Waals surface area contributed by atoms with Gasteiger partial charge in [0.25, 0.3) is 0 Å².